The Morgan fingerprint density at radius 1 is 1.25 bits per heavy atom. The number of carbonyl (C=O) groups is 1. The fourth-order valence-electron chi connectivity index (χ4n) is 1.79. The second-order valence-electron chi connectivity index (χ2n) is 4.22. The van der Waals surface area contributed by atoms with Crippen molar-refractivity contribution in [2.75, 3.05) is 14.2 Å². The third-order valence-electron chi connectivity index (χ3n) is 2.68. The van der Waals surface area contributed by atoms with Crippen molar-refractivity contribution >= 4 is 5.91 Å². The first-order valence-corrected chi connectivity index (χ1v) is 5.87. The van der Waals surface area contributed by atoms with Gasteiger partial charge in [-0.25, -0.2) is 0 Å². The van der Waals surface area contributed by atoms with Gasteiger partial charge in [-0.05, 0) is 25.5 Å². The molecule has 0 spiro atoms. The van der Waals surface area contributed by atoms with Crippen LogP contribution in [-0.4, -0.2) is 32.3 Å². The Bertz CT molecular complexity index is 452. The topological polar surface area (TPSA) is 47.6 Å². The minimum Gasteiger partial charge on any atom is -0.496 e. The van der Waals surface area contributed by atoms with Crippen LogP contribution in [0, 0.1) is 0 Å². The average Bonchev–Trinajstić information content (AvgIpc) is 2.37. The molecule has 0 aliphatic rings. The lowest BCUT2D eigenvalue weighted by atomic mass is 10.0. The van der Waals surface area contributed by atoms with Crippen LogP contribution in [0.1, 0.15) is 12.5 Å². The number of rotatable bonds is 5. The number of hydrogen-bond acceptors (Lipinski definition) is 3. The van der Waals surface area contributed by atoms with Crippen molar-refractivity contribution in [3.8, 4) is 11.5 Å². The fourth-order valence-corrected chi connectivity index (χ4v) is 1.79. The molecule has 1 N–H and O–H groups in total. The minimum atomic E-state index is -4.89. The molecule has 0 bridgehead atoms. The number of methoxy groups -OCH3 is 2. The summed E-state index contributed by atoms with van der Waals surface area (Å²) in [5, 5.41) is 1.90. The van der Waals surface area contributed by atoms with Gasteiger partial charge in [0.2, 0.25) is 0 Å². The highest BCUT2D eigenvalue weighted by atomic mass is 19.4. The largest absolute Gasteiger partial charge is 0.496 e. The van der Waals surface area contributed by atoms with Gasteiger partial charge >= 0.3 is 12.1 Å². The number of amides is 1. The zero-order valence-corrected chi connectivity index (χ0v) is 11.4. The summed E-state index contributed by atoms with van der Waals surface area (Å²) in [6.45, 7) is 1.48. The number of nitrogens with one attached hydrogen (secondary N) is 1. The van der Waals surface area contributed by atoms with E-state index in [9.17, 15) is 18.0 Å². The third-order valence-corrected chi connectivity index (χ3v) is 2.68. The molecule has 0 radical (unpaired) electrons. The van der Waals surface area contributed by atoms with Crippen LogP contribution in [-0.2, 0) is 11.2 Å². The molecule has 0 saturated heterocycles. The first kappa shape index (κ1) is 16.1. The van der Waals surface area contributed by atoms with E-state index >= 15 is 0 Å². The molecule has 7 heteroatoms. The number of alkyl halides is 3. The van der Waals surface area contributed by atoms with Crippen LogP contribution >= 0.6 is 0 Å². The van der Waals surface area contributed by atoms with E-state index in [2.05, 4.69) is 0 Å². The number of hydrogen-bond donors (Lipinski definition) is 1. The van der Waals surface area contributed by atoms with Gasteiger partial charge in [-0.2, -0.15) is 13.2 Å². The molecule has 4 nitrogen and oxygen atoms in total. The fraction of sp³-hybridized carbons (Fsp3) is 0.462. The molecule has 1 unspecified atom stereocenters. The van der Waals surface area contributed by atoms with Crippen molar-refractivity contribution in [1.82, 2.24) is 5.32 Å². The summed E-state index contributed by atoms with van der Waals surface area (Å²) >= 11 is 0. The smallest absolute Gasteiger partial charge is 0.471 e. The lowest BCUT2D eigenvalue weighted by Gasteiger charge is -2.18. The maximum absolute atomic E-state index is 12.2. The monoisotopic (exact) mass is 291 g/mol. The Labute approximate surface area is 114 Å². The Hall–Kier alpha value is -1.92. The van der Waals surface area contributed by atoms with Crippen LogP contribution in [0.15, 0.2) is 18.2 Å². The molecule has 0 aromatic heterocycles. The standard InChI is InChI=1S/C13H16F3NO3/c1-8(17-12(18)13(14,15)16)7-9-10(19-2)5-4-6-11(9)20-3/h4-6,8H,7H2,1-3H3,(H,17,18). The Balaban J connectivity index is 2.85. The van der Waals surface area contributed by atoms with Gasteiger partial charge in [0, 0.05) is 11.6 Å². The van der Waals surface area contributed by atoms with Crippen molar-refractivity contribution in [1.29, 1.82) is 0 Å². The van der Waals surface area contributed by atoms with E-state index in [4.69, 9.17) is 9.47 Å². The van der Waals surface area contributed by atoms with Gasteiger partial charge in [0.15, 0.2) is 0 Å². The molecule has 0 aliphatic heterocycles. The predicted molar refractivity (Wildman–Crippen MR) is 66.9 cm³/mol. The molecule has 1 rings (SSSR count). The van der Waals surface area contributed by atoms with Gasteiger partial charge in [-0.15, -0.1) is 0 Å². The summed E-state index contributed by atoms with van der Waals surface area (Å²) in [5.41, 5.74) is 0.604. The number of carbonyl (C=O) groups excluding carboxylic acids is 1. The van der Waals surface area contributed by atoms with Crippen LogP contribution in [0.4, 0.5) is 13.2 Å². The summed E-state index contributed by atoms with van der Waals surface area (Å²) in [6, 6.07) is 4.35. The first-order chi connectivity index (χ1) is 9.29. The number of benzene rings is 1. The zero-order valence-electron chi connectivity index (χ0n) is 11.4. The SMILES string of the molecule is COc1cccc(OC)c1CC(C)NC(=O)C(F)(F)F. The van der Waals surface area contributed by atoms with E-state index in [0.717, 1.165) is 0 Å². The highest BCUT2D eigenvalue weighted by Crippen LogP contribution is 2.29. The van der Waals surface area contributed by atoms with Crippen molar-refractivity contribution < 1.29 is 27.4 Å². The van der Waals surface area contributed by atoms with Crippen molar-refractivity contribution in [3.05, 3.63) is 23.8 Å². The summed E-state index contributed by atoms with van der Waals surface area (Å²) < 4.78 is 46.8. The van der Waals surface area contributed by atoms with Gasteiger partial charge in [-0.3, -0.25) is 4.79 Å². The zero-order chi connectivity index (χ0) is 15.3. The normalized spacial score (nSPS) is 12.7. The van der Waals surface area contributed by atoms with E-state index in [0.29, 0.717) is 17.1 Å². The van der Waals surface area contributed by atoms with Crippen LogP contribution in [0.5, 0.6) is 11.5 Å². The van der Waals surface area contributed by atoms with Gasteiger partial charge in [0.05, 0.1) is 14.2 Å². The molecule has 1 aromatic rings. The van der Waals surface area contributed by atoms with Gasteiger partial charge in [0.1, 0.15) is 11.5 Å². The van der Waals surface area contributed by atoms with E-state index in [-0.39, 0.29) is 6.42 Å². The Morgan fingerprint density at radius 3 is 2.15 bits per heavy atom. The number of ether oxygens (including phenoxy) is 2. The van der Waals surface area contributed by atoms with Crippen molar-refractivity contribution in [3.63, 3.8) is 0 Å². The highest BCUT2D eigenvalue weighted by Gasteiger charge is 2.39. The van der Waals surface area contributed by atoms with Gasteiger partial charge < -0.3 is 14.8 Å². The first-order valence-electron chi connectivity index (χ1n) is 5.87. The maximum Gasteiger partial charge on any atom is 0.471 e. The Kier molecular flexibility index (Phi) is 5.24. The summed E-state index contributed by atoms with van der Waals surface area (Å²) in [4.78, 5) is 10.9. The second kappa shape index (κ2) is 6.49. The molecule has 20 heavy (non-hydrogen) atoms. The molecule has 112 valence electrons. The van der Waals surface area contributed by atoms with Crippen molar-refractivity contribution in [2.45, 2.75) is 25.6 Å². The predicted octanol–water partition coefficient (Wildman–Crippen LogP) is 2.31. The molecule has 0 heterocycles. The van der Waals surface area contributed by atoms with Crippen molar-refractivity contribution in [2.24, 2.45) is 0 Å². The minimum absolute atomic E-state index is 0.162. The Morgan fingerprint density at radius 2 is 1.75 bits per heavy atom. The molecule has 0 fully saturated rings. The lowest BCUT2D eigenvalue weighted by molar-refractivity contribution is -0.174. The molecule has 1 atom stereocenters. The maximum atomic E-state index is 12.2. The molecule has 0 aliphatic carbocycles. The molecule has 1 aromatic carbocycles. The van der Waals surface area contributed by atoms with E-state index in [1.165, 1.54) is 21.1 Å². The van der Waals surface area contributed by atoms with Crippen LogP contribution in [0.2, 0.25) is 0 Å². The van der Waals surface area contributed by atoms with E-state index in [1.807, 2.05) is 5.32 Å². The molecule has 0 saturated carbocycles. The van der Waals surface area contributed by atoms with Gasteiger partial charge in [-0.1, -0.05) is 6.07 Å². The van der Waals surface area contributed by atoms with Gasteiger partial charge in [0.25, 0.3) is 0 Å². The summed E-state index contributed by atoms with van der Waals surface area (Å²) in [7, 11) is 2.91. The lowest BCUT2D eigenvalue weighted by Crippen LogP contribution is -2.42. The average molecular weight is 291 g/mol. The van der Waals surface area contributed by atoms with Crippen LogP contribution < -0.4 is 14.8 Å². The van der Waals surface area contributed by atoms with Crippen LogP contribution in [0.25, 0.3) is 0 Å². The van der Waals surface area contributed by atoms with E-state index in [1.54, 1.807) is 18.2 Å². The number of halogens is 3. The van der Waals surface area contributed by atoms with Crippen LogP contribution in [0.3, 0.4) is 0 Å². The third kappa shape index (κ3) is 4.04. The van der Waals surface area contributed by atoms with E-state index < -0.39 is 18.1 Å². The summed E-state index contributed by atoms with van der Waals surface area (Å²) in [6.07, 6.45) is -4.73. The second-order valence-corrected chi connectivity index (χ2v) is 4.22. The highest BCUT2D eigenvalue weighted by molar-refractivity contribution is 5.81. The summed E-state index contributed by atoms with van der Waals surface area (Å²) in [5.74, 6) is -0.964. The quantitative estimate of drug-likeness (QED) is 0.905. The molecular weight excluding hydrogens is 275 g/mol. The molecular formula is C13H16F3NO3. The molecule has 1 amide bonds.